The van der Waals surface area contributed by atoms with E-state index in [9.17, 15) is 14.4 Å². The number of ether oxygens (including phenoxy) is 2. The van der Waals surface area contributed by atoms with Crippen LogP contribution in [0.1, 0.15) is 19.3 Å². The summed E-state index contributed by atoms with van der Waals surface area (Å²) < 4.78 is 11.2. The van der Waals surface area contributed by atoms with Crippen LogP contribution in [0.15, 0.2) is 0 Å². The molecule has 3 saturated heterocycles. The van der Waals surface area contributed by atoms with Crippen LogP contribution in [0, 0.1) is 5.92 Å². The van der Waals surface area contributed by atoms with Gasteiger partial charge in [0.2, 0.25) is 5.91 Å². The zero-order valence-corrected chi connectivity index (χ0v) is 11.0. The van der Waals surface area contributed by atoms with Gasteiger partial charge in [0.05, 0.1) is 13.2 Å². The van der Waals surface area contributed by atoms with Gasteiger partial charge in [-0.1, -0.05) is 0 Å². The van der Waals surface area contributed by atoms with Crippen LogP contribution in [-0.2, 0) is 23.9 Å². The number of likely N-dealkylation sites (tertiary alicyclic amines) is 1. The monoisotopic (exact) mass is 283 g/mol. The van der Waals surface area contributed by atoms with E-state index in [1.165, 1.54) is 0 Å². The van der Waals surface area contributed by atoms with Crippen LogP contribution < -0.4 is 10.9 Å². The first-order valence-corrected chi connectivity index (χ1v) is 6.75. The van der Waals surface area contributed by atoms with Crippen molar-refractivity contribution in [2.45, 2.75) is 25.0 Å². The Morgan fingerprint density at radius 2 is 1.70 bits per heavy atom. The van der Waals surface area contributed by atoms with Crippen molar-refractivity contribution in [2.75, 3.05) is 26.3 Å². The fourth-order valence-corrected chi connectivity index (χ4v) is 2.79. The Kier molecular flexibility index (Phi) is 3.35. The maximum atomic E-state index is 12.1. The van der Waals surface area contributed by atoms with E-state index in [0.717, 1.165) is 0 Å². The molecule has 1 spiro atoms. The van der Waals surface area contributed by atoms with Crippen molar-refractivity contribution in [1.29, 1.82) is 0 Å². The molecular formula is C12H17N3O5. The van der Waals surface area contributed by atoms with E-state index in [0.29, 0.717) is 39.1 Å². The maximum Gasteiger partial charge on any atom is 0.251 e. The molecule has 20 heavy (non-hydrogen) atoms. The number of carbonyl (C=O) groups is 3. The first kappa shape index (κ1) is 13.3. The van der Waals surface area contributed by atoms with E-state index in [2.05, 4.69) is 10.9 Å². The smallest absolute Gasteiger partial charge is 0.251 e. The number of piperidine rings is 1. The zero-order valence-electron chi connectivity index (χ0n) is 11.0. The summed E-state index contributed by atoms with van der Waals surface area (Å²) in [5.41, 5.74) is 4.44. The van der Waals surface area contributed by atoms with Crippen molar-refractivity contribution < 1.29 is 23.9 Å². The molecule has 2 N–H and O–H groups in total. The molecule has 0 atom stereocenters. The molecule has 0 unspecified atom stereocenters. The quantitative estimate of drug-likeness (QED) is 0.602. The van der Waals surface area contributed by atoms with Crippen molar-refractivity contribution in [1.82, 2.24) is 15.8 Å². The molecular weight excluding hydrogens is 266 g/mol. The lowest BCUT2D eigenvalue weighted by molar-refractivity contribution is -0.187. The molecule has 0 bridgehead atoms. The van der Waals surface area contributed by atoms with Gasteiger partial charge in [0.1, 0.15) is 5.92 Å². The van der Waals surface area contributed by atoms with Crippen LogP contribution in [0.3, 0.4) is 0 Å². The second-order valence-corrected chi connectivity index (χ2v) is 5.22. The summed E-state index contributed by atoms with van der Waals surface area (Å²) in [5, 5.41) is 0. The van der Waals surface area contributed by atoms with E-state index in [-0.39, 0.29) is 12.3 Å². The number of rotatable bonds is 2. The number of hydrogen-bond acceptors (Lipinski definition) is 5. The normalized spacial score (nSPS) is 25.9. The number of hydrazine groups is 1. The molecule has 0 aliphatic carbocycles. The fraction of sp³-hybridized carbons (Fsp3) is 0.750. The summed E-state index contributed by atoms with van der Waals surface area (Å²) in [7, 11) is 0. The highest BCUT2D eigenvalue weighted by Crippen LogP contribution is 2.31. The fourth-order valence-electron chi connectivity index (χ4n) is 2.79. The Balaban J connectivity index is 1.54. The minimum atomic E-state index is -0.919. The van der Waals surface area contributed by atoms with Gasteiger partial charge < -0.3 is 14.4 Å². The molecule has 3 rings (SSSR count). The average Bonchev–Trinajstić information content (AvgIpc) is 3.02. The molecule has 0 saturated carbocycles. The van der Waals surface area contributed by atoms with Crippen LogP contribution in [-0.4, -0.2) is 54.7 Å². The molecule has 8 heteroatoms. The molecule has 0 aromatic heterocycles. The van der Waals surface area contributed by atoms with Gasteiger partial charge in [0, 0.05) is 32.4 Å². The van der Waals surface area contributed by atoms with Crippen LogP contribution >= 0.6 is 0 Å². The Morgan fingerprint density at radius 1 is 1.15 bits per heavy atom. The van der Waals surface area contributed by atoms with Gasteiger partial charge in [-0.05, 0) is 0 Å². The van der Waals surface area contributed by atoms with Gasteiger partial charge in [-0.25, -0.2) is 0 Å². The molecule has 0 radical (unpaired) electrons. The lowest BCUT2D eigenvalue weighted by Gasteiger charge is -2.37. The average molecular weight is 283 g/mol. The van der Waals surface area contributed by atoms with Gasteiger partial charge in [0.15, 0.2) is 5.79 Å². The van der Waals surface area contributed by atoms with Crippen molar-refractivity contribution in [3.63, 3.8) is 0 Å². The summed E-state index contributed by atoms with van der Waals surface area (Å²) in [5.74, 6) is -2.52. The van der Waals surface area contributed by atoms with E-state index in [1.54, 1.807) is 4.90 Å². The topological polar surface area (TPSA) is 97.0 Å². The number of hydrogen-bond donors (Lipinski definition) is 2. The summed E-state index contributed by atoms with van der Waals surface area (Å²) in [6, 6.07) is 0. The molecule has 3 aliphatic heterocycles. The van der Waals surface area contributed by atoms with Gasteiger partial charge >= 0.3 is 0 Å². The van der Waals surface area contributed by atoms with E-state index >= 15 is 0 Å². The second-order valence-electron chi connectivity index (χ2n) is 5.22. The highest BCUT2D eigenvalue weighted by atomic mass is 16.7. The summed E-state index contributed by atoms with van der Waals surface area (Å²) >= 11 is 0. The molecule has 0 aromatic rings. The third-order valence-corrected chi connectivity index (χ3v) is 4.01. The van der Waals surface area contributed by atoms with Gasteiger partial charge in [-0.15, -0.1) is 0 Å². The maximum absolute atomic E-state index is 12.1. The third kappa shape index (κ3) is 2.36. The number of nitrogens with one attached hydrogen (secondary N) is 2. The van der Waals surface area contributed by atoms with E-state index < -0.39 is 23.5 Å². The number of amides is 3. The lowest BCUT2D eigenvalue weighted by atomic mass is 10.0. The highest BCUT2D eigenvalue weighted by molar-refractivity contribution is 6.07. The molecule has 110 valence electrons. The Morgan fingerprint density at radius 3 is 2.25 bits per heavy atom. The molecule has 0 aromatic carbocycles. The van der Waals surface area contributed by atoms with Gasteiger partial charge in [0.25, 0.3) is 11.8 Å². The molecule has 8 nitrogen and oxygen atoms in total. The Hall–Kier alpha value is -1.67. The molecule has 3 heterocycles. The Bertz CT molecular complexity index is 420. The SMILES string of the molecule is O=C1NNC(=O)C1CC(=O)N1CCC2(CC1)OCCO2. The third-order valence-electron chi connectivity index (χ3n) is 4.01. The lowest BCUT2D eigenvalue weighted by Crippen LogP contribution is -2.48. The van der Waals surface area contributed by atoms with Crippen LogP contribution in [0.5, 0.6) is 0 Å². The minimum absolute atomic E-state index is 0.0909. The Labute approximate surface area is 115 Å². The highest BCUT2D eigenvalue weighted by Gasteiger charge is 2.42. The predicted octanol–water partition coefficient (Wildman–Crippen LogP) is -1.48. The molecule has 3 fully saturated rings. The van der Waals surface area contributed by atoms with Crippen molar-refractivity contribution in [2.24, 2.45) is 5.92 Å². The van der Waals surface area contributed by atoms with Crippen molar-refractivity contribution in [3.8, 4) is 0 Å². The van der Waals surface area contributed by atoms with Crippen molar-refractivity contribution >= 4 is 17.7 Å². The van der Waals surface area contributed by atoms with E-state index in [4.69, 9.17) is 9.47 Å². The molecule has 3 aliphatic rings. The predicted molar refractivity (Wildman–Crippen MR) is 64.8 cm³/mol. The van der Waals surface area contributed by atoms with E-state index in [1.807, 2.05) is 0 Å². The standard InChI is InChI=1S/C12H17N3O5/c16-9(7-8-10(17)13-14-11(8)18)15-3-1-12(2-4-15)19-5-6-20-12/h8H,1-7H2,(H,13,17)(H,14,18). The zero-order chi connectivity index (χ0) is 14.2. The van der Waals surface area contributed by atoms with Gasteiger partial charge in [-0.3, -0.25) is 25.2 Å². The summed E-state index contributed by atoms with van der Waals surface area (Å²) in [4.78, 5) is 36.6. The minimum Gasteiger partial charge on any atom is -0.347 e. The van der Waals surface area contributed by atoms with Crippen molar-refractivity contribution in [3.05, 3.63) is 0 Å². The number of carbonyl (C=O) groups excluding carboxylic acids is 3. The first-order chi connectivity index (χ1) is 9.60. The summed E-state index contributed by atoms with van der Waals surface area (Å²) in [6.07, 6.45) is 1.16. The van der Waals surface area contributed by atoms with Crippen LogP contribution in [0.25, 0.3) is 0 Å². The second kappa shape index (κ2) is 5.02. The number of nitrogens with zero attached hydrogens (tertiary/aromatic N) is 1. The van der Waals surface area contributed by atoms with Crippen LogP contribution in [0.4, 0.5) is 0 Å². The molecule has 3 amide bonds. The largest absolute Gasteiger partial charge is 0.347 e. The first-order valence-electron chi connectivity index (χ1n) is 6.75. The van der Waals surface area contributed by atoms with Crippen LogP contribution in [0.2, 0.25) is 0 Å². The summed E-state index contributed by atoms with van der Waals surface area (Å²) in [6.45, 7) is 2.23. The van der Waals surface area contributed by atoms with Gasteiger partial charge in [-0.2, -0.15) is 0 Å².